The summed E-state index contributed by atoms with van der Waals surface area (Å²) < 4.78 is 13.1. The molecule has 0 saturated heterocycles. The molecule has 0 unspecified atom stereocenters. The number of hydrogen-bond donors (Lipinski definition) is 2. The summed E-state index contributed by atoms with van der Waals surface area (Å²) >= 11 is 13.1. The van der Waals surface area contributed by atoms with E-state index in [4.69, 9.17) is 23.2 Å². The minimum Gasteiger partial charge on any atom is -0.323 e. The smallest absolute Gasteiger partial charge is 0.323 e. The Morgan fingerprint density at radius 1 is 1.08 bits per heavy atom. The van der Waals surface area contributed by atoms with Crippen molar-refractivity contribution in [1.29, 1.82) is 0 Å². The van der Waals surface area contributed by atoms with Crippen LogP contribution in [0.5, 0.6) is 0 Å². The number of aromatic nitrogens is 2. The van der Waals surface area contributed by atoms with E-state index in [2.05, 4.69) is 9.97 Å². The van der Waals surface area contributed by atoms with Crippen LogP contribution in [0.1, 0.15) is 0 Å². The van der Waals surface area contributed by atoms with Crippen molar-refractivity contribution >= 4 is 59.5 Å². The van der Waals surface area contributed by atoms with E-state index in [1.54, 1.807) is 42.6 Å². The molecular weight excluding hydrogens is 404 g/mol. The van der Waals surface area contributed by atoms with Crippen molar-refractivity contribution in [2.24, 2.45) is 0 Å². The van der Waals surface area contributed by atoms with Gasteiger partial charge in [-0.05, 0) is 42.3 Å². The molecule has 0 bridgehead atoms. The summed E-state index contributed by atoms with van der Waals surface area (Å²) in [4.78, 5) is 28.1. The Balaban J connectivity index is 2.06. The Hall–Kier alpha value is -1.34. The number of benzene rings is 2. The standard InChI is InChI=1S/C15H12Cl2N3O3PS/c16-10-6-11(17)8-12(7-10)25-20(9-24(21,22)23)14-3-1-2-13-15(14)19-5-4-18-13/h1-8H,9H2,(H2,21,22,23). The van der Waals surface area contributed by atoms with Crippen molar-refractivity contribution < 1.29 is 14.4 Å². The maximum absolute atomic E-state index is 11.6. The molecule has 0 fully saturated rings. The molecule has 6 nitrogen and oxygen atoms in total. The van der Waals surface area contributed by atoms with Gasteiger partial charge in [0.15, 0.2) is 0 Å². The molecule has 10 heteroatoms. The molecule has 3 aromatic rings. The maximum Gasteiger partial charge on any atom is 0.345 e. The predicted molar refractivity (Wildman–Crippen MR) is 101 cm³/mol. The minimum absolute atomic E-state index is 0.434. The zero-order chi connectivity index (χ0) is 18.0. The lowest BCUT2D eigenvalue weighted by Gasteiger charge is -2.24. The van der Waals surface area contributed by atoms with Crippen molar-refractivity contribution in [3.8, 4) is 0 Å². The highest BCUT2D eigenvalue weighted by molar-refractivity contribution is 8.01. The minimum atomic E-state index is -4.34. The van der Waals surface area contributed by atoms with E-state index >= 15 is 0 Å². The monoisotopic (exact) mass is 415 g/mol. The number of rotatable bonds is 5. The zero-order valence-corrected chi connectivity index (χ0v) is 15.8. The molecule has 3 rings (SSSR count). The number of fused-ring (bicyclic) bond motifs is 1. The van der Waals surface area contributed by atoms with Gasteiger partial charge < -0.3 is 9.79 Å². The molecule has 130 valence electrons. The van der Waals surface area contributed by atoms with E-state index in [-0.39, 0.29) is 0 Å². The van der Waals surface area contributed by atoms with Crippen LogP contribution in [0.4, 0.5) is 5.69 Å². The van der Waals surface area contributed by atoms with Gasteiger partial charge in [-0.1, -0.05) is 29.3 Å². The lowest BCUT2D eigenvalue weighted by Crippen LogP contribution is -2.16. The Morgan fingerprint density at radius 2 is 1.76 bits per heavy atom. The summed E-state index contributed by atoms with van der Waals surface area (Å²) in [5, 5.41) is 0.868. The van der Waals surface area contributed by atoms with E-state index in [0.717, 1.165) is 11.9 Å². The van der Waals surface area contributed by atoms with Gasteiger partial charge >= 0.3 is 7.60 Å². The van der Waals surface area contributed by atoms with Crippen LogP contribution < -0.4 is 4.31 Å². The van der Waals surface area contributed by atoms with Crippen LogP contribution in [0.15, 0.2) is 53.7 Å². The van der Waals surface area contributed by atoms with Gasteiger partial charge in [-0.3, -0.25) is 18.8 Å². The van der Waals surface area contributed by atoms with Crippen molar-refractivity contribution in [3.05, 3.63) is 58.8 Å². The van der Waals surface area contributed by atoms with Crippen LogP contribution in [-0.4, -0.2) is 26.0 Å². The first kappa shape index (κ1) is 18.5. The number of hydrogen-bond acceptors (Lipinski definition) is 5. The predicted octanol–water partition coefficient (Wildman–Crippen LogP) is 4.59. The van der Waals surface area contributed by atoms with Gasteiger partial charge in [0.25, 0.3) is 0 Å². The average molecular weight is 416 g/mol. The molecule has 0 saturated carbocycles. The molecule has 2 N–H and O–H groups in total. The molecule has 1 aromatic heterocycles. The van der Waals surface area contributed by atoms with E-state index in [0.29, 0.717) is 31.7 Å². The van der Waals surface area contributed by atoms with Gasteiger partial charge in [0.1, 0.15) is 11.8 Å². The second-order valence-corrected chi connectivity index (χ2v) is 8.66. The summed E-state index contributed by atoms with van der Waals surface area (Å²) in [5.74, 6) is 0. The SMILES string of the molecule is O=P(O)(O)CN(Sc1cc(Cl)cc(Cl)c1)c1cccc2nccnc12. The highest BCUT2D eigenvalue weighted by atomic mass is 35.5. The molecule has 0 spiro atoms. The molecule has 0 radical (unpaired) electrons. The van der Waals surface area contributed by atoms with E-state index < -0.39 is 13.9 Å². The quantitative estimate of drug-likeness (QED) is 0.465. The van der Waals surface area contributed by atoms with Crippen molar-refractivity contribution in [3.63, 3.8) is 0 Å². The van der Waals surface area contributed by atoms with Gasteiger partial charge in [-0.2, -0.15) is 0 Å². The third kappa shape index (κ3) is 4.85. The normalized spacial score (nSPS) is 11.7. The van der Waals surface area contributed by atoms with Crippen LogP contribution in [0.3, 0.4) is 0 Å². The van der Waals surface area contributed by atoms with Gasteiger partial charge in [-0.15, -0.1) is 0 Å². The average Bonchev–Trinajstić information content (AvgIpc) is 2.51. The lowest BCUT2D eigenvalue weighted by molar-refractivity contribution is 0.374. The first-order chi connectivity index (χ1) is 11.8. The Bertz CT molecular complexity index is 944. The molecule has 2 aromatic carbocycles. The summed E-state index contributed by atoms with van der Waals surface area (Å²) in [6.07, 6.45) is 2.59. The van der Waals surface area contributed by atoms with Gasteiger partial charge in [-0.25, -0.2) is 0 Å². The molecule has 0 aliphatic carbocycles. The molecule has 0 amide bonds. The van der Waals surface area contributed by atoms with E-state index in [1.165, 1.54) is 10.5 Å². The first-order valence-corrected chi connectivity index (χ1v) is 10.3. The van der Waals surface area contributed by atoms with Crippen LogP contribution in [0.25, 0.3) is 11.0 Å². The fraction of sp³-hybridized carbons (Fsp3) is 0.0667. The molecule has 0 atom stereocenters. The molecule has 1 heterocycles. The highest BCUT2D eigenvalue weighted by Crippen LogP contribution is 2.43. The lowest BCUT2D eigenvalue weighted by atomic mass is 10.2. The first-order valence-electron chi connectivity index (χ1n) is 6.98. The van der Waals surface area contributed by atoms with Gasteiger partial charge in [0, 0.05) is 27.3 Å². The van der Waals surface area contributed by atoms with Crippen molar-refractivity contribution in [1.82, 2.24) is 9.97 Å². The topological polar surface area (TPSA) is 86.5 Å². The number of halogens is 2. The van der Waals surface area contributed by atoms with Gasteiger partial charge in [0.05, 0.1) is 11.2 Å². The Labute approximate surface area is 158 Å². The Morgan fingerprint density at radius 3 is 2.44 bits per heavy atom. The van der Waals surface area contributed by atoms with Crippen LogP contribution in [-0.2, 0) is 4.57 Å². The third-order valence-corrected chi connectivity index (χ3v) is 5.38. The van der Waals surface area contributed by atoms with Crippen molar-refractivity contribution in [2.45, 2.75) is 4.90 Å². The van der Waals surface area contributed by atoms with E-state index in [1.807, 2.05) is 0 Å². The summed E-state index contributed by atoms with van der Waals surface area (Å²) in [6, 6.07) is 10.2. The second kappa shape index (κ2) is 7.50. The highest BCUT2D eigenvalue weighted by Gasteiger charge is 2.23. The second-order valence-electron chi connectivity index (χ2n) is 5.08. The zero-order valence-electron chi connectivity index (χ0n) is 12.6. The molecule has 0 aliphatic rings. The maximum atomic E-state index is 11.6. The van der Waals surface area contributed by atoms with Crippen LogP contribution in [0, 0.1) is 0 Å². The number of para-hydroxylation sites is 1. The largest absolute Gasteiger partial charge is 0.345 e. The third-order valence-electron chi connectivity index (χ3n) is 3.11. The Kier molecular flexibility index (Phi) is 5.53. The molecule has 25 heavy (non-hydrogen) atoms. The van der Waals surface area contributed by atoms with Crippen LogP contribution >= 0.6 is 42.7 Å². The molecular formula is C15H12Cl2N3O3PS. The fourth-order valence-electron chi connectivity index (χ4n) is 2.21. The van der Waals surface area contributed by atoms with Crippen LogP contribution in [0.2, 0.25) is 10.0 Å². The number of anilines is 1. The van der Waals surface area contributed by atoms with E-state index in [9.17, 15) is 14.4 Å². The fourth-order valence-corrected chi connectivity index (χ4v) is 4.89. The van der Waals surface area contributed by atoms with Gasteiger partial charge in [0.2, 0.25) is 0 Å². The van der Waals surface area contributed by atoms with Crippen molar-refractivity contribution in [2.75, 3.05) is 10.6 Å². The molecule has 0 aliphatic heterocycles. The summed E-state index contributed by atoms with van der Waals surface area (Å²) in [7, 11) is -4.34. The summed E-state index contributed by atoms with van der Waals surface area (Å²) in [6.45, 7) is 0. The number of nitrogens with zero attached hydrogens (tertiary/aromatic N) is 3. The summed E-state index contributed by atoms with van der Waals surface area (Å²) in [5.41, 5.74) is 1.70.